The zero-order valence-electron chi connectivity index (χ0n) is 14.2. The quantitative estimate of drug-likeness (QED) is 0.508. The summed E-state index contributed by atoms with van der Waals surface area (Å²) in [4.78, 5) is 11.6. The maximum atomic E-state index is 12.0. The molecule has 0 saturated heterocycles. The molecule has 130 valence electrons. The Morgan fingerprint density at radius 2 is 1.70 bits per heavy atom. The molecule has 0 radical (unpaired) electrons. The summed E-state index contributed by atoms with van der Waals surface area (Å²) in [6.07, 6.45) is 1.45. The van der Waals surface area contributed by atoms with Crippen molar-refractivity contribution in [2.45, 2.75) is 58.0 Å². The molecule has 5 nitrogen and oxygen atoms in total. The van der Waals surface area contributed by atoms with Gasteiger partial charge in [-0.15, -0.1) is 0 Å². The van der Waals surface area contributed by atoms with Gasteiger partial charge in [0.1, 0.15) is 0 Å². The van der Waals surface area contributed by atoms with Crippen LogP contribution < -0.4 is 0 Å². The minimum atomic E-state index is -3.71. The predicted molar refractivity (Wildman–Crippen MR) is 88.6 cm³/mol. The molecule has 0 aliphatic rings. The van der Waals surface area contributed by atoms with E-state index < -0.39 is 10.1 Å². The van der Waals surface area contributed by atoms with E-state index in [9.17, 15) is 13.2 Å². The highest BCUT2D eigenvalue weighted by molar-refractivity contribution is 7.86. The van der Waals surface area contributed by atoms with Crippen molar-refractivity contribution >= 4 is 16.1 Å². The molecule has 1 aromatic rings. The number of hydrogen-bond acceptors (Lipinski definition) is 5. The van der Waals surface area contributed by atoms with Crippen molar-refractivity contribution in [3.05, 3.63) is 29.8 Å². The first kappa shape index (κ1) is 19.6. The zero-order chi connectivity index (χ0) is 17.5. The maximum absolute atomic E-state index is 12.0. The van der Waals surface area contributed by atoms with Gasteiger partial charge in [0.15, 0.2) is 0 Å². The van der Waals surface area contributed by atoms with Crippen molar-refractivity contribution in [1.29, 1.82) is 0 Å². The highest BCUT2D eigenvalue weighted by Gasteiger charge is 2.16. The number of carbonyl (C=O) groups is 1. The van der Waals surface area contributed by atoms with Gasteiger partial charge in [-0.1, -0.05) is 24.6 Å². The van der Waals surface area contributed by atoms with Crippen LogP contribution in [0.4, 0.5) is 0 Å². The zero-order valence-corrected chi connectivity index (χ0v) is 15.1. The molecule has 0 unspecified atom stereocenters. The molecule has 0 fully saturated rings. The van der Waals surface area contributed by atoms with E-state index in [0.29, 0.717) is 19.3 Å². The van der Waals surface area contributed by atoms with E-state index in [2.05, 4.69) is 0 Å². The SMILES string of the molecule is Cc1ccc(S(=O)(=O)OCC[C@H](C)CCC(=O)OC(C)C)cc1. The monoisotopic (exact) mass is 342 g/mol. The van der Waals surface area contributed by atoms with Crippen LogP contribution in [0.1, 0.15) is 45.6 Å². The molecule has 1 aromatic carbocycles. The summed E-state index contributed by atoms with van der Waals surface area (Å²) in [7, 11) is -3.71. The molecule has 6 heteroatoms. The van der Waals surface area contributed by atoms with Crippen LogP contribution in [0.2, 0.25) is 0 Å². The van der Waals surface area contributed by atoms with Gasteiger partial charge in [0, 0.05) is 6.42 Å². The van der Waals surface area contributed by atoms with Gasteiger partial charge in [0.25, 0.3) is 10.1 Å². The Hall–Kier alpha value is -1.40. The molecule has 0 spiro atoms. The van der Waals surface area contributed by atoms with E-state index in [-0.39, 0.29) is 29.5 Å². The minimum absolute atomic E-state index is 0.108. The number of esters is 1. The first-order valence-electron chi connectivity index (χ1n) is 7.86. The molecule has 0 heterocycles. The third-order valence-electron chi connectivity index (χ3n) is 3.37. The fraction of sp³-hybridized carbons (Fsp3) is 0.588. The summed E-state index contributed by atoms with van der Waals surface area (Å²) in [5.41, 5.74) is 0.992. The van der Waals surface area contributed by atoms with Gasteiger partial charge in [0.05, 0.1) is 17.6 Å². The molecule has 1 rings (SSSR count). The Morgan fingerprint density at radius 3 is 2.26 bits per heavy atom. The molecule has 0 saturated carbocycles. The Kier molecular flexibility index (Phi) is 7.72. The molecule has 1 atom stereocenters. The molecule has 0 aliphatic heterocycles. The van der Waals surface area contributed by atoms with Crippen molar-refractivity contribution in [3.8, 4) is 0 Å². The second kappa shape index (κ2) is 9.03. The lowest BCUT2D eigenvalue weighted by Gasteiger charge is -2.12. The van der Waals surface area contributed by atoms with E-state index in [1.807, 2.05) is 27.7 Å². The van der Waals surface area contributed by atoms with Gasteiger partial charge < -0.3 is 4.74 Å². The van der Waals surface area contributed by atoms with E-state index in [4.69, 9.17) is 8.92 Å². The summed E-state index contributed by atoms with van der Waals surface area (Å²) < 4.78 is 34.1. The van der Waals surface area contributed by atoms with E-state index in [0.717, 1.165) is 5.56 Å². The standard InChI is InChI=1S/C17H26O5S/c1-13(2)22-17(18)10-7-15(4)11-12-21-23(19,20)16-8-5-14(3)6-9-16/h5-6,8-9,13,15H,7,10-12H2,1-4H3/t15-/m1/s1. The lowest BCUT2D eigenvalue weighted by atomic mass is 10.0. The van der Waals surface area contributed by atoms with Crippen molar-refractivity contribution in [2.75, 3.05) is 6.61 Å². The summed E-state index contributed by atoms with van der Waals surface area (Å²) in [6.45, 7) is 7.58. The second-order valence-electron chi connectivity index (χ2n) is 6.06. The first-order chi connectivity index (χ1) is 10.7. The average Bonchev–Trinajstić information content (AvgIpc) is 2.44. The van der Waals surface area contributed by atoms with Gasteiger partial charge in [-0.2, -0.15) is 8.42 Å². The molecule has 0 bridgehead atoms. The highest BCUT2D eigenvalue weighted by atomic mass is 32.2. The largest absolute Gasteiger partial charge is 0.463 e. The molecular formula is C17H26O5S. The number of aryl methyl sites for hydroxylation is 1. The fourth-order valence-electron chi connectivity index (χ4n) is 1.96. The van der Waals surface area contributed by atoms with Gasteiger partial charge in [-0.3, -0.25) is 8.98 Å². The summed E-state index contributed by atoms with van der Waals surface area (Å²) >= 11 is 0. The molecule has 0 aromatic heterocycles. The van der Waals surface area contributed by atoms with Gasteiger partial charge in [-0.05, 0) is 51.7 Å². The Bertz CT molecular complexity index is 590. The van der Waals surface area contributed by atoms with E-state index in [1.54, 1.807) is 12.1 Å². The topological polar surface area (TPSA) is 69.7 Å². The van der Waals surface area contributed by atoms with Crippen LogP contribution in [-0.2, 0) is 23.8 Å². The predicted octanol–water partition coefficient (Wildman–Crippen LogP) is 3.46. The van der Waals surface area contributed by atoms with Crippen LogP contribution >= 0.6 is 0 Å². The van der Waals surface area contributed by atoms with Crippen LogP contribution in [0.15, 0.2) is 29.2 Å². The van der Waals surface area contributed by atoms with Crippen LogP contribution in [0.5, 0.6) is 0 Å². The number of ether oxygens (including phenoxy) is 1. The maximum Gasteiger partial charge on any atom is 0.306 e. The molecule has 0 amide bonds. The molecule has 0 N–H and O–H groups in total. The second-order valence-corrected chi connectivity index (χ2v) is 7.68. The van der Waals surface area contributed by atoms with Gasteiger partial charge in [-0.25, -0.2) is 0 Å². The normalized spacial score (nSPS) is 13.1. The van der Waals surface area contributed by atoms with Gasteiger partial charge >= 0.3 is 5.97 Å². The van der Waals surface area contributed by atoms with Crippen molar-refractivity contribution in [1.82, 2.24) is 0 Å². The number of carbonyl (C=O) groups excluding carboxylic acids is 1. The van der Waals surface area contributed by atoms with Crippen molar-refractivity contribution < 1.29 is 22.1 Å². The van der Waals surface area contributed by atoms with Crippen LogP contribution in [0.25, 0.3) is 0 Å². The molecule has 23 heavy (non-hydrogen) atoms. The summed E-state index contributed by atoms with van der Waals surface area (Å²) in [5.74, 6) is -0.0389. The van der Waals surface area contributed by atoms with E-state index >= 15 is 0 Å². The Morgan fingerprint density at radius 1 is 1.09 bits per heavy atom. The minimum Gasteiger partial charge on any atom is -0.463 e. The average molecular weight is 342 g/mol. The first-order valence-corrected chi connectivity index (χ1v) is 9.27. The van der Waals surface area contributed by atoms with Crippen LogP contribution in [-0.4, -0.2) is 27.1 Å². The number of rotatable bonds is 9. The van der Waals surface area contributed by atoms with E-state index in [1.165, 1.54) is 12.1 Å². The lowest BCUT2D eigenvalue weighted by molar-refractivity contribution is -0.147. The van der Waals surface area contributed by atoms with Gasteiger partial charge in [0.2, 0.25) is 0 Å². The smallest absolute Gasteiger partial charge is 0.306 e. The third kappa shape index (κ3) is 7.61. The Balaban J connectivity index is 2.35. The number of benzene rings is 1. The third-order valence-corrected chi connectivity index (χ3v) is 4.69. The lowest BCUT2D eigenvalue weighted by Crippen LogP contribution is -2.13. The van der Waals surface area contributed by atoms with Crippen LogP contribution in [0.3, 0.4) is 0 Å². The van der Waals surface area contributed by atoms with Crippen molar-refractivity contribution in [2.24, 2.45) is 5.92 Å². The number of hydrogen-bond donors (Lipinski definition) is 0. The summed E-state index contributed by atoms with van der Waals surface area (Å²) in [6, 6.07) is 6.55. The molecular weight excluding hydrogens is 316 g/mol. The molecule has 0 aliphatic carbocycles. The van der Waals surface area contributed by atoms with Crippen molar-refractivity contribution in [3.63, 3.8) is 0 Å². The highest BCUT2D eigenvalue weighted by Crippen LogP contribution is 2.16. The van der Waals surface area contributed by atoms with Crippen LogP contribution in [0, 0.1) is 12.8 Å². The fourth-order valence-corrected chi connectivity index (χ4v) is 2.88. The summed E-state index contributed by atoms with van der Waals surface area (Å²) in [5, 5.41) is 0. The Labute approximate surface area is 139 Å².